The third-order valence-corrected chi connectivity index (χ3v) is 3.18. The van der Waals surface area contributed by atoms with Gasteiger partial charge < -0.3 is 15.2 Å². The van der Waals surface area contributed by atoms with E-state index in [9.17, 15) is 13.2 Å². The number of hydrogen-bond acceptors (Lipinski definition) is 3. The van der Waals surface area contributed by atoms with E-state index in [-0.39, 0.29) is 18.1 Å². The number of hydrogen-bond donors (Lipinski definition) is 1. The van der Waals surface area contributed by atoms with Gasteiger partial charge in [0, 0.05) is 6.42 Å². The Bertz CT molecular complexity index is 460. The van der Waals surface area contributed by atoms with Gasteiger partial charge in [-0.1, -0.05) is 6.07 Å². The third-order valence-electron chi connectivity index (χ3n) is 3.18. The van der Waals surface area contributed by atoms with E-state index in [0.717, 1.165) is 24.5 Å². The van der Waals surface area contributed by atoms with E-state index in [2.05, 4.69) is 0 Å². The molecule has 112 valence electrons. The zero-order valence-corrected chi connectivity index (χ0v) is 11.1. The maximum absolute atomic E-state index is 13.0. The quantitative estimate of drug-likeness (QED) is 0.866. The molecule has 0 fully saturated rings. The summed E-state index contributed by atoms with van der Waals surface area (Å²) < 4.78 is 49.8. The number of nitrogens with two attached hydrogens (primary N) is 1. The van der Waals surface area contributed by atoms with Gasteiger partial charge in [0.05, 0.1) is 13.2 Å². The van der Waals surface area contributed by atoms with E-state index >= 15 is 0 Å². The van der Waals surface area contributed by atoms with Crippen molar-refractivity contribution in [1.82, 2.24) is 0 Å². The zero-order chi connectivity index (χ0) is 14.6. The summed E-state index contributed by atoms with van der Waals surface area (Å²) in [5, 5.41) is 0. The van der Waals surface area contributed by atoms with Crippen molar-refractivity contribution < 1.29 is 22.6 Å². The van der Waals surface area contributed by atoms with Crippen molar-refractivity contribution in [1.29, 1.82) is 0 Å². The first-order valence-electron chi connectivity index (χ1n) is 6.73. The molecule has 3 nitrogen and oxygen atoms in total. The number of ether oxygens (including phenoxy) is 2. The smallest absolute Gasteiger partial charge is 0.420 e. The van der Waals surface area contributed by atoms with Crippen molar-refractivity contribution in [3.63, 3.8) is 0 Å². The molecule has 0 spiro atoms. The first-order valence-corrected chi connectivity index (χ1v) is 6.73. The summed E-state index contributed by atoms with van der Waals surface area (Å²) in [5.41, 5.74) is 5.42. The molecule has 0 unspecified atom stereocenters. The van der Waals surface area contributed by atoms with Crippen molar-refractivity contribution in [3.8, 4) is 11.5 Å². The number of benzene rings is 1. The van der Waals surface area contributed by atoms with Gasteiger partial charge >= 0.3 is 6.18 Å². The molecule has 6 heteroatoms. The van der Waals surface area contributed by atoms with Crippen molar-refractivity contribution in [3.05, 3.63) is 23.3 Å². The lowest BCUT2D eigenvalue weighted by Gasteiger charge is -2.17. The largest absolute Gasteiger partial charge is 0.489 e. The van der Waals surface area contributed by atoms with Crippen molar-refractivity contribution in [2.24, 2.45) is 5.73 Å². The second-order valence-corrected chi connectivity index (χ2v) is 4.72. The fraction of sp³-hybridized carbons (Fsp3) is 0.571. The normalized spacial score (nSPS) is 15.0. The molecule has 0 aliphatic carbocycles. The van der Waals surface area contributed by atoms with Crippen LogP contribution in [0, 0.1) is 0 Å². The average Bonchev–Trinajstić information content (AvgIpc) is 2.63. The van der Waals surface area contributed by atoms with E-state index < -0.39 is 11.7 Å². The first kappa shape index (κ1) is 15.0. The van der Waals surface area contributed by atoms with Crippen molar-refractivity contribution in [2.75, 3.05) is 19.8 Å². The van der Waals surface area contributed by atoms with Crippen LogP contribution in [0.5, 0.6) is 11.5 Å². The molecular formula is C14H18F3NO2. The highest BCUT2D eigenvalue weighted by atomic mass is 19.4. The number of rotatable bonds is 4. The van der Waals surface area contributed by atoms with E-state index in [0.29, 0.717) is 26.0 Å². The summed E-state index contributed by atoms with van der Waals surface area (Å²) in [6.07, 6.45) is -1.57. The highest BCUT2D eigenvalue weighted by molar-refractivity contribution is 5.53. The Kier molecular flexibility index (Phi) is 4.75. The van der Waals surface area contributed by atoms with Crippen LogP contribution in [0.15, 0.2) is 12.1 Å². The second-order valence-electron chi connectivity index (χ2n) is 4.72. The minimum atomic E-state index is -4.44. The third kappa shape index (κ3) is 3.36. The Morgan fingerprint density at radius 3 is 2.40 bits per heavy atom. The molecule has 1 aromatic carbocycles. The average molecular weight is 289 g/mol. The van der Waals surface area contributed by atoms with Gasteiger partial charge in [-0.15, -0.1) is 0 Å². The monoisotopic (exact) mass is 289 g/mol. The Balaban J connectivity index is 2.36. The summed E-state index contributed by atoms with van der Waals surface area (Å²) in [5.74, 6) is 0.0783. The van der Waals surface area contributed by atoms with Crippen LogP contribution in [0.2, 0.25) is 0 Å². The Morgan fingerprint density at radius 2 is 1.75 bits per heavy atom. The molecular weight excluding hydrogens is 271 g/mol. The molecule has 0 aromatic heterocycles. The lowest BCUT2D eigenvalue weighted by atomic mass is 10.0. The van der Waals surface area contributed by atoms with Gasteiger partial charge in [-0.2, -0.15) is 13.2 Å². The molecule has 0 bridgehead atoms. The molecule has 0 amide bonds. The van der Waals surface area contributed by atoms with Gasteiger partial charge in [0.1, 0.15) is 5.56 Å². The van der Waals surface area contributed by atoms with Gasteiger partial charge in [0.15, 0.2) is 11.5 Å². The SMILES string of the molecule is NCCCCc1ccc(C(F)(F)F)c2c1OCCCO2. The molecule has 2 rings (SSSR count). The summed E-state index contributed by atoms with van der Waals surface area (Å²) >= 11 is 0. The van der Waals surface area contributed by atoms with Crippen LogP contribution in [-0.2, 0) is 12.6 Å². The summed E-state index contributed by atoms with van der Waals surface area (Å²) in [7, 11) is 0. The molecule has 0 saturated carbocycles. The van der Waals surface area contributed by atoms with E-state index in [1.54, 1.807) is 0 Å². The predicted molar refractivity (Wildman–Crippen MR) is 69.0 cm³/mol. The molecule has 1 aromatic rings. The number of fused-ring (bicyclic) bond motifs is 1. The summed E-state index contributed by atoms with van der Waals surface area (Å²) in [6, 6.07) is 2.55. The second kappa shape index (κ2) is 6.35. The molecule has 0 radical (unpaired) electrons. The Labute approximate surface area is 115 Å². The van der Waals surface area contributed by atoms with Crippen LogP contribution >= 0.6 is 0 Å². The van der Waals surface area contributed by atoms with Gasteiger partial charge in [-0.25, -0.2) is 0 Å². The number of alkyl halides is 3. The predicted octanol–water partition coefficient (Wildman–Crippen LogP) is 3.15. The fourth-order valence-corrected chi connectivity index (χ4v) is 2.19. The van der Waals surface area contributed by atoms with Gasteiger partial charge in [0.25, 0.3) is 0 Å². The molecule has 0 atom stereocenters. The molecule has 20 heavy (non-hydrogen) atoms. The van der Waals surface area contributed by atoms with Crippen molar-refractivity contribution >= 4 is 0 Å². The maximum atomic E-state index is 13.0. The lowest BCUT2D eigenvalue weighted by Crippen LogP contribution is -2.10. The number of unbranched alkanes of at least 4 members (excludes halogenated alkanes) is 1. The van der Waals surface area contributed by atoms with Crippen LogP contribution in [0.3, 0.4) is 0 Å². The maximum Gasteiger partial charge on any atom is 0.420 e. The van der Waals surface area contributed by atoms with Gasteiger partial charge in [-0.05, 0) is 37.4 Å². The molecule has 2 N–H and O–H groups in total. The van der Waals surface area contributed by atoms with E-state index in [4.69, 9.17) is 15.2 Å². The summed E-state index contributed by atoms with van der Waals surface area (Å²) in [4.78, 5) is 0. The van der Waals surface area contributed by atoms with Gasteiger partial charge in [-0.3, -0.25) is 0 Å². The summed E-state index contributed by atoms with van der Waals surface area (Å²) in [6.45, 7) is 1.18. The number of halogens is 3. The molecule has 1 aliphatic heterocycles. The minimum absolute atomic E-state index is 0.166. The topological polar surface area (TPSA) is 44.5 Å². The van der Waals surface area contributed by atoms with Crippen LogP contribution in [0.1, 0.15) is 30.4 Å². The minimum Gasteiger partial charge on any atom is -0.489 e. The zero-order valence-electron chi connectivity index (χ0n) is 11.1. The van der Waals surface area contributed by atoms with Crippen LogP contribution in [0.25, 0.3) is 0 Å². The Morgan fingerprint density at radius 1 is 1.05 bits per heavy atom. The standard InChI is InChI=1S/C14H18F3NO2/c15-14(16,17)11-6-5-10(4-1-2-7-18)12-13(11)20-9-3-8-19-12/h5-6H,1-4,7-9,18H2. The van der Waals surface area contributed by atoms with E-state index in [1.807, 2.05) is 0 Å². The first-order chi connectivity index (χ1) is 9.54. The van der Waals surface area contributed by atoms with Crippen LogP contribution in [0.4, 0.5) is 13.2 Å². The highest BCUT2D eigenvalue weighted by Gasteiger charge is 2.37. The molecule has 1 heterocycles. The van der Waals surface area contributed by atoms with Gasteiger partial charge in [0.2, 0.25) is 0 Å². The lowest BCUT2D eigenvalue weighted by molar-refractivity contribution is -0.139. The highest BCUT2D eigenvalue weighted by Crippen LogP contribution is 2.44. The van der Waals surface area contributed by atoms with Crippen molar-refractivity contribution in [2.45, 2.75) is 31.9 Å². The molecule has 1 aliphatic rings. The molecule has 0 saturated heterocycles. The van der Waals surface area contributed by atoms with Crippen LogP contribution < -0.4 is 15.2 Å². The Hall–Kier alpha value is -1.43. The van der Waals surface area contributed by atoms with Crippen LogP contribution in [-0.4, -0.2) is 19.8 Å². The fourth-order valence-electron chi connectivity index (χ4n) is 2.19. The number of aryl methyl sites for hydroxylation is 1. The van der Waals surface area contributed by atoms with E-state index in [1.165, 1.54) is 6.07 Å².